The van der Waals surface area contributed by atoms with Crippen LogP contribution in [0.1, 0.15) is 17.1 Å². The predicted octanol–water partition coefficient (Wildman–Crippen LogP) is 5.91. The highest BCUT2D eigenvalue weighted by Crippen LogP contribution is 2.28. The Bertz CT molecular complexity index is 1620. The molecule has 0 aliphatic carbocycles. The van der Waals surface area contributed by atoms with Crippen LogP contribution in [0.3, 0.4) is 0 Å². The van der Waals surface area contributed by atoms with Gasteiger partial charge in [0.25, 0.3) is 0 Å². The largest absolute Gasteiger partial charge is 0.457 e. The summed E-state index contributed by atoms with van der Waals surface area (Å²) in [7, 11) is 0. The van der Waals surface area contributed by atoms with E-state index in [4.69, 9.17) is 28.2 Å². The zero-order chi connectivity index (χ0) is 25.2. The van der Waals surface area contributed by atoms with E-state index in [9.17, 15) is 4.79 Å². The Morgan fingerprint density at radius 2 is 1.86 bits per heavy atom. The predicted molar refractivity (Wildman–Crippen MR) is 146 cm³/mol. The molecular formula is C25H19ClN6O2S2. The third kappa shape index (κ3) is 5.20. The molecule has 2 aromatic carbocycles. The van der Waals surface area contributed by atoms with E-state index in [0.717, 1.165) is 38.2 Å². The van der Waals surface area contributed by atoms with Gasteiger partial charge in [-0.1, -0.05) is 35.1 Å². The maximum Gasteiger partial charge on any atom is 0.250 e. The second-order valence-electron chi connectivity index (χ2n) is 7.87. The number of rotatable bonds is 5. The third-order valence-electron chi connectivity index (χ3n) is 5.26. The molecule has 0 atom stereocenters. The molecule has 0 saturated carbocycles. The van der Waals surface area contributed by atoms with Gasteiger partial charge in [-0.15, -0.1) is 10.2 Å². The summed E-state index contributed by atoms with van der Waals surface area (Å²) in [5.74, 6) is 1.56. The van der Waals surface area contributed by atoms with Gasteiger partial charge in [0.15, 0.2) is 10.9 Å². The second kappa shape index (κ2) is 10.0. The van der Waals surface area contributed by atoms with Crippen molar-refractivity contribution in [3.63, 3.8) is 0 Å². The topological polar surface area (TPSA) is 97.4 Å². The zero-order valence-corrected chi connectivity index (χ0v) is 21.5. The molecule has 0 unspecified atom stereocenters. The standard InChI is InChI=1S/C25H19ClN6O2S2/c1-14-3-4-17(13-20(14)26)21-11-9-19(34-21)10-12-22(33)28-24(35)27-18-7-5-16(6-8-18)23-31-32-15(2)29-30-25(32)36-23/h3-13H,1-2H3,(H2,27,28,33,35)/b12-10+. The summed E-state index contributed by atoms with van der Waals surface area (Å²) in [6.07, 6.45) is 2.94. The number of carbonyl (C=O) groups excluding carboxylic acids is 1. The quantitative estimate of drug-likeness (QED) is 0.214. The highest BCUT2D eigenvalue weighted by molar-refractivity contribution is 7.80. The summed E-state index contributed by atoms with van der Waals surface area (Å²) < 4.78 is 7.51. The number of nitrogens with zero attached hydrogens (tertiary/aromatic N) is 4. The SMILES string of the molecule is Cc1ccc(-c2ccc(/C=C/C(=O)NC(=S)Nc3ccc(-c4nn5c(C)nnc5s4)cc3)o2)cc1Cl. The lowest BCUT2D eigenvalue weighted by atomic mass is 10.1. The van der Waals surface area contributed by atoms with Gasteiger partial charge < -0.3 is 9.73 Å². The first-order chi connectivity index (χ1) is 17.4. The van der Waals surface area contributed by atoms with Crippen LogP contribution in [0.15, 0.2) is 65.1 Å². The first kappa shape index (κ1) is 23.9. The van der Waals surface area contributed by atoms with Crippen molar-refractivity contribution in [3.8, 4) is 21.9 Å². The molecule has 11 heteroatoms. The third-order valence-corrected chi connectivity index (χ3v) is 6.81. The van der Waals surface area contributed by atoms with Crippen LogP contribution in [0.4, 0.5) is 5.69 Å². The lowest BCUT2D eigenvalue weighted by molar-refractivity contribution is -0.115. The Kier molecular flexibility index (Phi) is 6.64. The van der Waals surface area contributed by atoms with Crippen molar-refractivity contribution in [1.82, 2.24) is 25.1 Å². The number of fused-ring (bicyclic) bond motifs is 1. The van der Waals surface area contributed by atoms with Crippen LogP contribution >= 0.6 is 35.2 Å². The molecule has 5 rings (SSSR count). The number of benzene rings is 2. The molecule has 5 aromatic rings. The van der Waals surface area contributed by atoms with E-state index in [2.05, 4.69) is 25.9 Å². The lowest BCUT2D eigenvalue weighted by Gasteiger charge is -2.08. The summed E-state index contributed by atoms with van der Waals surface area (Å²) in [5, 5.41) is 19.9. The Balaban J connectivity index is 1.16. The first-order valence-electron chi connectivity index (χ1n) is 10.8. The summed E-state index contributed by atoms with van der Waals surface area (Å²) in [6.45, 7) is 3.80. The molecular weight excluding hydrogens is 516 g/mol. The van der Waals surface area contributed by atoms with E-state index >= 15 is 0 Å². The molecule has 0 fully saturated rings. The van der Waals surface area contributed by atoms with Gasteiger partial charge in [-0.05, 0) is 80.2 Å². The average molecular weight is 535 g/mol. The van der Waals surface area contributed by atoms with E-state index in [1.54, 1.807) is 16.7 Å². The number of carbonyl (C=O) groups is 1. The first-order valence-corrected chi connectivity index (χ1v) is 12.4. The van der Waals surface area contributed by atoms with Crippen molar-refractivity contribution in [2.75, 3.05) is 5.32 Å². The van der Waals surface area contributed by atoms with Gasteiger partial charge in [-0.2, -0.15) is 9.61 Å². The normalized spacial score (nSPS) is 11.3. The fourth-order valence-electron chi connectivity index (χ4n) is 3.34. The smallest absolute Gasteiger partial charge is 0.250 e. The fraction of sp³-hybridized carbons (Fsp3) is 0.0800. The maximum absolute atomic E-state index is 12.3. The number of aryl methyl sites for hydroxylation is 2. The number of anilines is 1. The van der Waals surface area contributed by atoms with Crippen molar-refractivity contribution in [1.29, 1.82) is 0 Å². The lowest BCUT2D eigenvalue weighted by Crippen LogP contribution is -2.32. The molecule has 0 bridgehead atoms. The minimum absolute atomic E-state index is 0.182. The van der Waals surface area contributed by atoms with Gasteiger partial charge >= 0.3 is 0 Å². The van der Waals surface area contributed by atoms with E-state index in [1.165, 1.54) is 17.4 Å². The summed E-state index contributed by atoms with van der Waals surface area (Å²) in [6, 6.07) is 16.9. The van der Waals surface area contributed by atoms with Gasteiger partial charge in [-0.3, -0.25) is 10.1 Å². The molecule has 3 aromatic heterocycles. The molecule has 8 nitrogen and oxygen atoms in total. The number of amides is 1. The molecule has 0 aliphatic heterocycles. The number of thiocarbonyl (C=S) groups is 1. The average Bonchev–Trinajstić information content (AvgIpc) is 3.58. The number of furan rings is 1. The van der Waals surface area contributed by atoms with E-state index in [1.807, 2.05) is 62.4 Å². The van der Waals surface area contributed by atoms with Crippen LogP contribution in [0.2, 0.25) is 5.02 Å². The van der Waals surface area contributed by atoms with Gasteiger partial charge in [0.2, 0.25) is 10.9 Å². The van der Waals surface area contributed by atoms with Crippen LogP contribution in [0.25, 0.3) is 32.9 Å². The van der Waals surface area contributed by atoms with E-state index in [-0.39, 0.29) is 11.0 Å². The molecule has 180 valence electrons. The zero-order valence-electron chi connectivity index (χ0n) is 19.2. The molecule has 0 spiro atoms. The molecule has 2 N–H and O–H groups in total. The molecule has 3 heterocycles. The van der Waals surface area contributed by atoms with Gasteiger partial charge in [0.1, 0.15) is 16.5 Å². The molecule has 0 radical (unpaired) electrons. The van der Waals surface area contributed by atoms with Gasteiger partial charge in [0.05, 0.1) is 0 Å². The van der Waals surface area contributed by atoms with E-state index < -0.39 is 0 Å². The van der Waals surface area contributed by atoms with Crippen LogP contribution in [0.5, 0.6) is 0 Å². The van der Waals surface area contributed by atoms with Crippen LogP contribution < -0.4 is 10.6 Å². The van der Waals surface area contributed by atoms with Crippen LogP contribution in [-0.4, -0.2) is 30.8 Å². The van der Waals surface area contributed by atoms with Crippen LogP contribution in [-0.2, 0) is 4.79 Å². The number of nitrogens with one attached hydrogen (secondary N) is 2. The molecule has 0 aliphatic rings. The minimum Gasteiger partial charge on any atom is -0.457 e. The van der Waals surface area contributed by atoms with Crippen molar-refractivity contribution >= 4 is 62.9 Å². The van der Waals surface area contributed by atoms with Crippen molar-refractivity contribution in [2.24, 2.45) is 0 Å². The number of hydrogen-bond donors (Lipinski definition) is 2. The molecule has 1 amide bonds. The Morgan fingerprint density at radius 1 is 1.08 bits per heavy atom. The molecule has 36 heavy (non-hydrogen) atoms. The van der Waals surface area contributed by atoms with Crippen molar-refractivity contribution in [2.45, 2.75) is 13.8 Å². The minimum atomic E-state index is -0.379. The van der Waals surface area contributed by atoms with Gasteiger partial charge in [-0.25, -0.2) is 0 Å². The van der Waals surface area contributed by atoms with Crippen molar-refractivity contribution < 1.29 is 9.21 Å². The number of halogens is 1. The molecule has 0 saturated heterocycles. The highest BCUT2D eigenvalue weighted by atomic mass is 35.5. The Morgan fingerprint density at radius 3 is 2.61 bits per heavy atom. The number of hydrogen-bond acceptors (Lipinski definition) is 7. The van der Waals surface area contributed by atoms with E-state index in [0.29, 0.717) is 16.5 Å². The van der Waals surface area contributed by atoms with Gasteiger partial charge in [0, 0.05) is 27.9 Å². The van der Waals surface area contributed by atoms with Crippen LogP contribution in [0, 0.1) is 13.8 Å². The Hall–Kier alpha value is -3.86. The summed E-state index contributed by atoms with van der Waals surface area (Å²) >= 11 is 12.9. The number of aromatic nitrogens is 4. The van der Waals surface area contributed by atoms with Crippen molar-refractivity contribution in [3.05, 3.63) is 82.8 Å². The monoisotopic (exact) mass is 534 g/mol. The second-order valence-corrected chi connectivity index (χ2v) is 9.64. The fourth-order valence-corrected chi connectivity index (χ4v) is 4.63. The summed E-state index contributed by atoms with van der Waals surface area (Å²) in [5.41, 5.74) is 3.54. The maximum atomic E-state index is 12.3. The highest BCUT2D eigenvalue weighted by Gasteiger charge is 2.11. The Labute approximate surface area is 220 Å². The summed E-state index contributed by atoms with van der Waals surface area (Å²) in [4.78, 5) is 13.0.